The minimum Gasteiger partial charge on any atom is -0.343 e. The third-order valence-electron chi connectivity index (χ3n) is 8.23. The van der Waals surface area contributed by atoms with Gasteiger partial charge in [0.25, 0.3) is 5.91 Å². The van der Waals surface area contributed by atoms with Crippen LogP contribution < -0.4 is 5.32 Å². The number of likely N-dealkylation sites (tertiary alicyclic amines) is 2. The summed E-state index contributed by atoms with van der Waals surface area (Å²) in [6, 6.07) is 16.0. The summed E-state index contributed by atoms with van der Waals surface area (Å²) in [6.45, 7) is 1.43. The molecule has 0 aromatic heterocycles. The standard InChI is InChI=1S/C28H32F3N3O2/c29-28(30,31)22-8-4-7-21(17-22)27(36)32-18-26(35)34-16-14-24-25(34)13-15-33(24)23-11-9-20(10-12-23)19-5-2-1-3-6-19/h1-8,17,20,23-25H,9-16,18H2,(H,32,36)/t20?,23?,24-,25-/m1/s1. The van der Waals surface area contributed by atoms with E-state index in [1.165, 1.54) is 43.4 Å². The van der Waals surface area contributed by atoms with Crippen LogP contribution in [0.5, 0.6) is 0 Å². The smallest absolute Gasteiger partial charge is 0.343 e. The molecule has 2 aliphatic heterocycles. The Kier molecular flexibility index (Phi) is 7.06. The van der Waals surface area contributed by atoms with Gasteiger partial charge in [-0.15, -0.1) is 0 Å². The number of carbonyl (C=O) groups is 2. The Morgan fingerprint density at radius 2 is 1.58 bits per heavy atom. The predicted molar refractivity (Wildman–Crippen MR) is 130 cm³/mol. The largest absolute Gasteiger partial charge is 0.416 e. The molecule has 0 radical (unpaired) electrons. The van der Waals surface area contributed by atoms with E-state index >= 15 is 0 Å². The van der Waals surface area contributed by atoms with Crippen LogP contribution in [0.25, 0.3) is 0 Å². The van der Waals surface area contributed by atoms with Gasteiger partial charge in [-0.25, -0.2) is 0 Å². The lowest BCUT2D eigenvalue weighted by molar-refractivity contribution is -0.137. The van der Waals surface area contributed by atoms with Crippen LogP contribution in [0.2, 0.25) is 0 Å². The lowest BCUT2D eigenvalue weighted by Gasteiger charge is -2.37. The zero-order valence-electron chi connectivity index (χ0n) is 20.2. The molecule has 3 aliphatic rings. The van der Waals surface area contributed by atoms with Gasteiger partial charge in [0.15, 0.2) is 0 Å². The molecule has 0 unspecified atom stereocenters. The van der Waals surface area contributed by atoms with Crippen LogP contribution in [0.1, 0.15) is 65.9 Å². The molecule has 5 rings (SSSR count). The van der Waals surface area contributed by atoms with Crippen molar-refractivity contribution in [1.29, 1.82) is 0 Å². The summed E-state index contributed by atoms with van der Waals surface area (Å²) in [5, 5.41) is 2.52. The summed E-state index contributed by atoms with van der Waals surface area (Å²) in [5.74, 6) is -0.214. The topological polar surface area (TPSA) is 52.7 Å². The Morgan fingerprint density at radius 1 is 0.861 bits per heavy atom. The van der Waals surface area contributed by atoms with Gasteiger partial charge in [-0.1, -0.05) is 36.4 Å². The first-order valence-electron chi connectivity index (χ1n) is 12.9. The first-order chi connectivity index (χ1) is 17.3. The summed E-state index contributed by atoms with van der Waals surface area (Å²) >= 11 is 0. The summed E-state index contributed by atoms with van der Waals surface area (Å²) < 4.78 is 38.8. The molecule has 2 heterocycles. The molecule has 2 saturated heterocycles. The van der Waals surface area contributed by atoms with Crippen molar-refractivity contribution in [2.45, 2.75) is 68.7 Å². The molecule has 1 N–H and O–H groups in total. The van der Waals surface area contributed by atoms with Crippen LogP contribution in [0.15, 0.2) is 54.6 Å². The van der Waals surface area contributed by atoms with E-state index in [-0.39, 0.29) is 24.1 Å². The van der Waals surface area contributed by atoms with Gasteiger partial charge in [0, 0.05) is 36.8 Å². The van der Waals surface area contributed by atoms with Gasteiger partial charge >= 0.3 is 6.18 Å². The number of fused-ring (bicyclic) bond motifs is 1. The molecule has 3 fully saturated rings. The fourth-order valence-electron chi connectivity index (χ4n) is 6.44. The average Bonchev–Trinajstić information content (AvgIpc) is 3.50. The fourth-order valence-corrected chi connectivity index (χ4v) is 6.44. The third-order valence-corrected chi connectivity index (χ3v) is 8.23. The van der Waals surface area contributed by atoms with E-state index < -0.39 is 17.6 Å². The van der Waals surface area contributed by atoms with E-state index in [0.717, 1.165) is 31.5 Å². The zero-order valence-corrected chi connectivity index (χ0v) is 20.2. The van der Waals surface area contributed by atoms with Gasteiger partial charge in [0.1, 0.15) is 0 Å². The van der Waals surface area contributed by atoms with E-state index in [9.17, 15) is 22.8 Å². The van der Waals surface area contributed by atoms with Crippen molar-refractivity contribution in [3.63, 3.8) is 0 Å². The molecule has 0 bridgehead atoms. The first-order valence-corrected chi connectivity index (χ1v) is 12.9. The Morgan fingerprint density at radius 3 is 2.31 bits per heavy atom. The minimum atomic E-state index is -4.52. The van der Waals surface area contributed by atoms with Crippen LogP contribution in [0.3, 0.4) is 0 Å². The van der Waals surface area contributed by atoms with Crippen LogP contribution >= 0.6 is 0 Å². The molecule has 36 heavy (non-hydrogen) atoms. The maximum absolute atomic E-state index is 12.9. The summed E-state index contributed by atoms with van der Waals surface area (Å²) in [4.78, 5) is 29.8. The summed E-state index contributed by atoms with van der Waals surface area (Å²) in [5.41, 5.74) is 0.447. The summed E-state index contributed by atoms with van der Waals surface area (Å²) in [7, 11) is 0. The third kappa shape index (κ3) is 5.14. The predicted octanol–water partition coefficient (Wildman–Crippen LogP) is 4.84. The van der Waals surface area contributed by atoms with Gasteiger partial charge in [-0.3, -0.25) is 14.5 Å². The maximum atomic E-state index is 12.9. The highest BCUT2D eigenvalue weighted by Gasteiger charge is 2.46. The summed E-state index contributed by atoms with van der Waals surface area (Å²) in [6.07, 6.45) is 2.05. The van der Waals surface area contributed by atoms with E-state index in [1.807, 2.05) is 4.90 Å². The molecule has 1 saturated carbocycles. The molecule has 192 valence electrons. The molecule has 2 aromatic rings. The molecule has 2 amide bonds. The number of benzene rings is 2. The molecule has 1 aliphatic carbocycles. The fraction of sp³-hybridized carbons (Fsp3) is 0.500. The average molecular weight is 500 g/mol. The molecular formula is C28H32F3N3O2. The normalized spacial score (nSPS) is 26.6. The van der Waals surface area contributed by atoms with Gasteiger partial charge in [0.05, 0.1) is 12.1 Å². The number of rotatable bonds is 5. The van der Waals surface area contributed by atoms with Crippen molar-refractivity contribution in [1.82, 2.24) is 15.1 Å². The number of nitrogens with one attached hydrogen (secondary N) is 1. The highest BCUT2D eigenvalue weighted by Crippen LogP contribution is 2.40. The number of carbonyl (C=O) groups excluding carboxylic acids is 2. The number of hydrogen-bond acceptors (Lipinski definition) is 3. The Bertz CT molecular complexity index is 1080. The lowest BCUT2D eigenvalue weighted by atomic mass is 9.81. The Hall–Kier alpha value is -2.87. The molecule has 0 spiro atoms. The highest BCUT2D eigenvalue weighted by molar-refractivity contribution is 5.96. The van der Waals surface area contributed by atoms with Crippen LogP contribution in [-0.2, 0) is 11.0 Å². The molecule has 8 heteroatoms. The molecule has 5 nitrogen and oxygen atoms in total. The van der Waals surface area contributed by atoms with Crippen molar-refractivity contribution in [2.24, 2.45) is 0 Å². The molecular weight excluding hydrogens is 467 g/mol. The van der Waals surface area contributed by atoms with Crippen molar-refractivity contribution in [3.05, 3.63) is 71.3 Å². The van der Waals surface area contributed by atoms with Crippen molar-refractivity contribution >= 4 is 11.8 Å². The number of hydrogen-bond donors (Lipinski definition) is 1. The van der Waals surface area contributed by atoms with Gasteiger partial charge in [-0.05, 0) is 68.2 Å². The van der Waals surface area contributed by atoms with Gasteiger partial charge < -0.3 is 10.2 Å². The van der Waals surface area contributed by atoms with Crippen LogP contribution in [0, 0.1) is 0 Å². The van der Waals surface area contributed by atoms with Crippen LogP contribution in [-0.4, -0.2) is 59.4 Å². The maximum Gasteiger partial charge on any atom is 0.416 e. The zero-order chi connectivity index (χ0) is 25.3. The second-order valence-electron chi connectivity index (χ2n) is 10.2. The minimum absolute atomic E-state index is 0.102. The van der Waals surface area contributed by atoms with E-state index in [2.05, 4.69) is 40.5 Å². The van der Waals surface area contributed by atoms with Crippen LogP contribution in [0.4, 0.5) is 13.2 Å². The Labute approximate surface area is 209 Å². The molecule has 2 atom stereocenters. The Balaban J connectivity index is 1.13. The van der Waals surface area contributed by atoms with Gasteiger partial charge in [0.2, 0.25) is 5.91 Å². The van der Waals surface area contributed by atoms with Crippen molar-refractivity contribution < 1.29 is 22.8 Å². The van der Waals surface area contributed by atoms with Crippen molar-refractivity contribution in [2.75, 3.05) is 19.6 Å². The van der Waals surface area contributed by atoms with E-state index in [1.54, 1.807) is 0 Å². The second-order valence-corrected chi connectivity index (χ2v) is 10.2. The monoisotopic (exact) mass is 499 g/mol. The first kappa shape index (κ1) is 24.8. The van der Waals surface area contributed by atoms with Gasteiger partial charge in [-0.2, -0.15) is 13.2 Å². The number of amides is 2. The molecule has 2 aromatic carbocycles. The number of alkyl halides is 3. The lowest BCUT2D eigenvalue weighted by Crippen LogP contribution is -2.46. The highest BCUT2D eigenvalue weighted by atomic mass is 19.4. The number of nitrogens with zero attached hydrogens (tertiary/aromatic N) is 2. The second kappa shape index (κ2) is 10.2. The quantitative estimate of drug-likeness (QED) is 0.641. The number of halogens is 3. The van der Waals surface area contributed by atoms with E-state index in [0.29, 0.717) is 24.5 Å². The van der Waals surface area contributed by atoms with E-state index in [4.69, 9.17) is 0 Å². The van der Waals surface area contributed by atoms with Crippen molar-refractivity contribution in [3.8, 4) is 0 Å². The SMILES string of the molecule is O=C(NCC(=O)N1CC[C@@H]2[C@H]1CCN2C1CCC(c2ccccc2)CC1)c1cccc(C(F)(F)F)c1.